The van der Waals surface area contributed by atoms with Crippen LogP contribution in [0.2, 0.25) is 0 Å². The SMILES string of the molecule is CC(C)Cc1c2c(nn1C)C(=O)NC2c1ccc(Br)cc1. The third-order valence-corrected chi connectivity index (χ3v) is 4.32. The summed E-state index contributed by atoms with van der Waals surface area (Å²) in [7, 11) is 1.92. The molecule has 0 aliphatic carbocycles. The number of hydrogen-bond donors (Lipinski definition) is 1. The number of carbonyl (C=O) groups is 1. The minimum atomic E-state index is -0.0944. The van der Waals surface area contributed by atoms with E-state index in [-0.39, 0.29) is 11.9 Å². The van der Waals surface area contributed by atoms with Crippen molar-refractivity contribution in [2.24, 2.45) is 13.0 Å². The maximum Gasteiger partial charge on any atom is 0.272 e. The predicted octanol–water partition coefficient (Wildman–Crippen LogP) is 3.21. The van der Waals surface area contributed by atoms with Gasteiger partial charge in [0.05, 0.1) is 6.04 Å². The number of aromatic nitrogens is 2. The molecule has 3 rings (SSSR count). The Morgan fingerprint density at radius 1 is 1.33 bits per heavy atom. The molecular weight excluding hydrogens is 330 g/mol. The first-order valence-electron chi connectivity index (χ1n) is 7.09. The Kier molecular flexibility index (Phi) is 3.61. The van der Waals surface area contributed by atoms with Gasteiger partial charge in [-0.15, -0.1) is 0 Å². The molecule has 0 spiro atoms. The third kappa shape index (κ3) is 2.50. The van der Waals surface area contributed by atoms with Crippen molar-refractivity contribution >= 4 is 21.8 Å². The second-order valence-electron chi connectivity index (χ2n) is 5.89. The molecule has 2 aromatic rings. The number of rotatable bonds is 3. The van der Waals surface area contributed by atoms with E-state index in [0.717, 1.165) is 27.7 Å². The molecule has 5 heteroatoms. The summed E-state index contributed by atoms with van der Waals surface area (Å²) in [4.78, 5) is 12.2. The monoisotopic (exact) mass is 347 g/mol. The lowest BCUT2D eigenvalue weighted by atomic mass is 9.96. The molecule has 1 aromatic carbocycles. The van der Waals surface area contributed by atoms with Gasteiger partial charge in [-0.1, -0.05) is 41.9 Å². The molecule has 0 bridgehead atoms. The van der Waals surface area contributed by atoms with Crippen LogP contribution in [0.1, 0.15) is 47.2 Å². The number of nitrogens with zero attached hydrogens (tertiary/aromatic N) is 2. The van der Waals surface area contributed by atoms with E-state index in [9.17, 15) is 4.79 Å². The molecule has 1 N–H and O–H groups in total. The van der Waals surface area contributed by atoms with E-state index in [1.54, 1.807) is 0 Å². The summed E-state index contributed by atoms with van der Waals surface area (Å²) in [5.74, 6) is 0.439. The van der Waals surface area contributed by atoms with Crippen LogP contribution in [0.5, 0.6) is 0 Å². The van der Waals surface area contributed by atoms with E-state index in [4.69, 9.17) is 0 Å². The van der Waals surface area contributed by atoms with Crippen LogP contribution in [-0.2, 0) is 13.5 Å². The number of benzene rings is 1. The van der Waals surface area contributed by atoms with Gasteiger partial charge in [-0.05, 0) is 30.0 Å². The van der Waals surface area contributed by atoms with Gasteiger partial charge in [0.25, 0.3) is 5.91 Å². The quantitative estimate of drug-likeness (QED) is 0.926. The van der Waals surface area contributed by atoms with Gasteiger partial charge in [0.15, 0.2) is 5.69 Å². The molecule has 1 aliphatic heterocycles. The van der Waals surface area contributed by atoms with Crippen molar-refractivity contribution in [3.63, 3.8) is 0 Å². The number of halogens is 1. The number of amides is 1. The average molecular weight is 348 g/mol. The van der Waals surface area contributed by atoms with E-state index in [1.807, 2.05) is 36.0 Å². The van der Waals surface area contributed by atoms with Crippen LogP contribution >= 0.6 is 15.9 Å². The van der Waals surface area contributed by atoms with Crippen molar-refractivity contribution in [1.29, 1.82) is 0 Å². The summed E-state index contributed by atoms with van der Waals surface area (Å²) in [6, 6.07) is 7.98. The molecule has 1 amide bonds. The second kappa shape index (κ2) is 5.30. The fraction of sp³-hybridized carbons (Fsp3) is 0.375. The lowest BCUT2D eigenvalue weighted by Crippen LogP contribution is -2.22. The van der Waals surface area contributed by atoms with Crippen LogP contribution < -0.4 is 5.32 Å². The summed E-state index contributed by atoms with van der Waals surface area (Å²) < 4.78 is 2.89. The predicted molar refractivity (Wildman–Crippen MR) is 85.2 cm³/mol. The molecule has 0 radical (unpaired) electrons. The standard InChI is InChI=1S/C16H18BrN3O/c1-9(2)8-12-13-14(10-4-6-11(17)7-5-10)18-16(21)15(13)19-20(12)3/h4-7,9,14H,8H2,1-3H3,(H,18,21). The van der Waals surface area contributed by atoms with Crippen LogP contribution in [0.4, 0.5) is 0 Å². The van der Waals surface area contributed by atoms with Crippen LogP contribution in [0.3, 0.4) is 0 Å². The van der Waals surface area contributed by atoms with Crippen molar-refractivity contribution in [2.45, 2.75) is 26.3 Å². The first kappa shape index (κ1) is 14.3. The summed E-state index contributed by atoms with van der Waals surface area (Å²) in [5, 5.41) is 7.46. The van der Waals surface area contributed by atoms with Crippen molar-refractivity contribution < 1.29 is 4.79 Å². The number of nitrogens with one attached hydrogen (secondary N) is 1. The Morgan fingerprint density at radius 3 is 2.62 bits per heavy atom. The maximum atomic E-state index is 12.2. The van der Waals surface area contributed by atoms with E-state index < -0.39 is 0 Å². The van der Waals surface area contributed by atoms with Crippen LogP contribution in [0, 0.1) is 5.92 Å². The zero-order valence-corrected chi connectivity index (χ0v) is 13.9. The number of carbonyl (C=O) groups excluding carboxylic acids is 1. The molecule has 4 nitrogen and oxygen atoms in total. The van der Waals surface area contributed by atoms with Gasteiger partial charge in [0, 0.05) is 22.8 Å². The lowest BCUT2D eigenvalue weighted by Gasteiger charge is -2.16. The largest absolute Gasteiger partial charge is 0.340 e. The molecule has 21 heavy (non-hydrogen) atoms. The number of hydrogen-bond acceptors (Lipinski definition) is 2. The fourth-order valence-corrected chi connectivity index (χ4v) is 3.12. The van der Waals surface area contributed by atoms with Crippen LogP contribution in [-0.4, -0.2) is 15.7 Å². The highest BCUT2D eigenvalue weighted by Crippen LogP contribution is 2.34. The Morgan fingerprint density at radius 2 is 2.00 bits per heavy atom. The molecule has 1 aliphatic rings. The van der Waals surface area contributed by atoms with Gasteiger partial charge in [0.1, 0.15) is 0 Å². The molecule has 0 fully saturated rings. The van der Waals surface area contributed by atoms with Gasteiger partial charge in [-0.3, -0.25) is 9.48 Å². The zero-order valence-electron chi connectivity index (χ0n) is 12.4. The van der Waals surface area contributed by atoms with E-state index in [2.05, 4.69) is 40.2 Å². The van der Waals surface area contributed by atoms with E-state index in [0.29, 0.717) is 11.6 Å². The van der Waals surface area contributed by atoms with Crippen molar-refractivity contribution in [3.05, 3.63) is 51.3 Å². The lowest BCUT2D eigenvalue weighted by molar-refractivity contribution is 0.0954. The highest BCUT2D eigenvalue weighted by Gasteiger charge is 2.36. The third-order valence-electron chi connectivity index (χ3n) is 3.79. The van der Waals surface area contributed by atoms with E-state index in [1.165, 1.54) is 0 Å². The van der Waals surface area contributed by atoms with Gasteiger partial charge in [-0.2, -0.15) is 5.10 Å². The molecule has 2 heterocycles. The topological polar surface area (TPSA) is 46.9 Å². The molecule has 0 saturated heterocycles. The first-order valence-corrected chi connectivity index (χ1v) is 7.88. The highest BCUT2D eigenvalue weighted by atomic mass is 79.9. The number of fused-ring (bicyclic) bond motifs is 1. The summed E-state index contributed by atoms with van der Waals surface area (Å²) in [6.07, 6.45) is 0.917. The highest BCUT2D eigenvalue weighted by molar-refractivity contribution is 9.10. The van der Waals surface area contributed by atoms with Gasteiger partial charge in [-0.25, -0.2) is 0 Å². The van der Waals surface area contributed by atoms with Crippen molar-refractivity contribution in [3.8, 4) is 0 Å². The Bertz CT molecular complexity index is 688. The Hall–Kier alpha value is -1.62. The van der Waals surface area contributed by atoms with Crippen molar-refractivity contribution in [2.75, 3.05) is 0 Å². The minimum absolute atomic E-state index is 0.0801. The Balaban J connectivity index is 2.08. The smallest absolute Gasteiger partial charge is 0.272 e. The van der Waals surface area contributed by atoms with E-state index >= 15 is 0 Å². The fourth-order valence-electron chi connectivity index (χ4n) is 2.85. The molecule has 110 valence electrons. The zero-order chi connectivity index (χ0) is 15.1. The van der Waals surface area contributed by atoms with Gasteiger partial charge in [0.2, 0.25) is 0 Å². The molecular formula is C16H18BrN3O. The summed E-state index contributed by atoms with van der Waals surface area (Å²) >= 11 is 3.45. The van der Waals surface area contributed by atoms with Crippen LogP contribution in [0.15, 0.2) is 28.7 Å². The van der Waals surface area contributed by atoms with Crippen LogP contribution in [0.25, 0.3) is 0 Å². The minimum Gasteiger partial charge on any atom is -0.340 e. The molecule has 1 aromatic heterocycles. The molecule has 1 unspecified atom stereocenters. The van der Waals surface area contributed by atoms with Gasteiger partial charge < -0.3 is 5.32 Å². The second-order valence-corrected chi connectivity index (χ2v) is 6.80. The molecule has 0 saturated carbocycles. The van der Waals surface area contributed by atoms with Crippen molar-refractivity contribution in [1.82, 2.24) is 15.1 Å². The maximum absolute atomic E-state index is 12.2. The Labute approximate surface area is 132 Å². The summed E-state index contributed by atoms with van der Waals surface area (Å²) in [6.45, 7) is 4.36. The first-order chi connectivity index (χ1) is 9.97. The average Bonchev–Trinajstić information content (AvgIpc) is 2.90. The normalized spacial score (nSPS) is 17.2. The number of aryl methyl sites for hydroxylation is 1. The summed E-state index contributed by atoms with van der Waals surface area (Å²) in [5.41, 5.74) is 3.84. The van der Waals surface area contributed by atoms with Gasteiger partial charge >= 0.3 is 0 Å². The molecule has 1 atom stereocenters.